The number of pyridine rings is 1. The van der Waals surface area contributed by atoms with E-state index in [0.29, 0.717) is 36.7 Å². The van der Waals surface area contributed by atoms with Crippen LogP contribution in [0.25, 0.3) is 22.4 Å². The second kappa shape index (κ2) is 12.8. The number of hydrogen-bond donors (Lipinski definition) is 1. The summed E-state index contributed by atoms with van der Waals surface area (Å²) in [6, 6.07) is 7.82. The minimum atomic E-state index is -0.785. The number of aromatic nitrogens is 3. The van der Waals surface area contributed by atoms with Crippen molar-refractivity contribution in [1.29, 1.82) is 0 Å². The van der Waals surface area contributed by atoms with Gasteiger partial charge in [0.25, 0.3) is 5.56 Å². The maximum atomic E-state index is 12.3. The summed E-state index contributed by atoms with van der Waals surface area (Å²) in [7, 11) is 1.76. The number of imidazole rings is 1. The lowest BCUT2D eigenvalue weighted by Gasteiger charge is -2.23. The maximum absolute atomic E-state index is 12.3. The highest BCUT2D eigenvalue weighted by Crippen LogP contribution is 2.30. The molecule has 0 saturated carbocycles. The van der Waals surface area contributed by atoms with Crippen LogP contribution in [-0.4, -0.2) is 57.2 Å². The molecule has 0 radical (unpaired) electrons. The van der Waals surface area contributed by atoms with Crippen molar-refractivity contribution in [2.75, 3.05) is 19.8 Å². The van der Waals surface area contributed by atoms with Gasteiger partial charge in [-0.2, -0.15) is 0 Å². The number of rotatable bonds is 11. The molecule has 1 fully saturated rings. The van der Waals surface area contributed by atoms with E-state index in [2.05, 4.69) is 4.57 Å². The number of carbonyl (C=O) groups excluding carboxylic acids is 1. The highest BCUT2D eigenvalue weighted by atomic mass is 16.5. The summed E-state index contributed by atoms with van der Waals surface area (Å²) >= 11 is 0. The highest BCUT2D eigenvalue weighted by Gasteiger charge is 2.26. The largest absolute Gasteiger partial charge is 0.494 e. The van der Waals surface area contributed by atoms with E-state index >= 15 is 0 Å². The number of hydrogen-bond acceptors (Lipinski definition) is 7. The smallest absolute Gasteiger partial charge is 0.311 e. The topological polar surface area (TPSA) is 105 Å². The van der Waals surface area contributed by atoms with Gasteiger partial charge in [0.15, 0.2) is 0 Å². The van der Waals surface area contributed by atoms with Crippen LogP contribution < -0.4 is 10.3 Å². The Hall–Kier alpha value is -3.17. The van der Waals surface area contributed by atoms with Gasteiger partial charge in [-0.05, 0) is 77.5 Å². The van der Waals surface area contributed by atoms with Crippen LogP contribution in [0.5, 0.6) is 5.75 Å². The molecule has 4 rings (SSSR count). The number of fused-ring (bicyclic) bond motifs is 1. The normalized spacial score (nSPS) is 16.0. The molecule has 3 heterocycles. The zero-order valence-electron chi connectivity index (χ0n) is 23.7. The molecule has 1 N–H and O–H groups in total. The molecule has 1 unspecified atom stereocenters. The molecule has 1 aliphatic heterocycles. The van der Waals surface area contributed by atoms with Crippen molar-refractivity contribution in [3.63, 3.8) is 0 Å². The quantitative estimate of drug-likeness (QED) is 0.287. The third kappa shape index (κ3) is 7.08. The molecule has 0 bridgehead atoms. The number of aliphatic hydroxyl groups excluding tert-OH is 1. The molecule has 2 atom stereocenters. The standard InChI is InChI=1S/C30H41N3O6/c1-19(2)39-30(36)25(21(4)34)7-6-12-38-24-8-9-27-26(16-24)31-28(23-15-20(3)29(35)32(5)18-23)33(27)17-22-10-13-37-14-11-22/h8-9,15-16,18-19,21-22,25,34H,6-7,10-14,17H2,1-5H3/t21?,25-/m0/s1. The first-order chi connectivity index (χ1) is 18.6. The van der Waals surface area contributed by atoms with Crippen LogP contribution in [-0.2, 0) is 27.9 Å². The monoisotopic (exact) mass is 539 g/mol. The number of carbonyl (C=O) groups is 1. The molecular weight excluding hydrogens is 498 g/mol. The highest BCUT2D eigenvalue weighted by molar-refractivity contribution is 5.82. The Balaban J connectivity index is 1.54. The van der Waals surface area contributed by atoms with Crippen molar-refractivity contribution in [3.8, 4) is 17.1 Å². The van der Waals surface area contributed by atoms with Crippen molar-refractivity contribution in [2.45, 2.75) is 72.1 Å². The number of aliphatic hydroxyl groups is 1. The first-order valence-electron chi connectivity index (χ1n) is 13.9. The summed E-state index contributed by atoms with van der Waals surface area (Å²) in [5.74, 6) is 1.06. The Morgan fingerprint density at radius 2 is 1.95 bits per heavy atom. The third-order valence-corrected chi connectivity index (χ3v) is 7.29. The molecule has 9 nitrogen and oxygen atoms in total. The van der Waals surface area contributed by atoms with Gasteiger partial charge >= 0.3 is 5.97 Å². The SMILES string of the molecule is Cc1cc(-c2nc3cc(OCCC[C@H](C(=O)OC(C)C)C(C)O)ccc3n2CC2CCOCC2)cn(C)c1=O. The van der Waals surface area contributed by atoms with Crippen LogP contribution in [0.15, 0.2) is 35.3 Å². The zero-order valence-corrected chi connectivity index (χ0v) is 23.7. The van der Waals surface area contributed by atoms with Crippen LogP contribution in [0, 0.1) is 18.8 Å². The Morgan fingerprint density at radius 3 is 2.62 bits per heavy atom. The summed E-state index contributed by atoms with van der Waals surface area (Å²) in [5, 5.41) is 10.0. The molecule has 0 amide bonds. The second-order valence-electron chi connectivity index (χ2n) is 10.9. The molecule has 2 aromatic heterocycles. The summed E-state index contributed by atoms with van der Waals surface area (Å²) in [4.78, 5) is 29.6. The first kappa shape index (κ1) is 28.8. The van der Waals surface area contributed by atoms with E-state index < -0.39 is 12.0 Å². The molecule has 3 aromatic rings. The van der Waals surface area contributed by atoms with Gasteiger partial charge in [0.1, 0.15) is 11.6 Å². The predicted molar refractivity (Wildman–Crippen MR) is 150 cm³/mol. The van der Waals surface area contributed by atoms with Gasteiger partial charge in [0, 0.05) is 50.2 Å². The fourth-order valence-electron chi connectivity index (χ4n) is 5.16. The molecule has 0 spiro atoms. The number of ether oxygens (including phenoxy) is 3. The lowest BCUT2D eigenvalue weighted by molar-refractivity contribution is -0.156. The Kier molecular flexibility index (Phi) is 9.45. The molecule has 1 saturated heterocycles. The number of nitrogens with zero attached hydrogens (tertiary/aromatic N) is 3. The summed E-state index contributed by atoms with van der Waals surface area (Å²) in [6.07, 6.45) is 3.92. The van der Waals surface area contributed by atoms with Gasteiger partial charge in [-0.3, -0.25) is 9.59 Å². The van der Waals surface area contributed by atoms with Crippen LogP contribution in [0.1, 0.15) is 52.0 Å². The molecule has 0 aliphatic carbocycles. The number of aryl methyl sites for hydroxylation is 2. The summed E-state index contributed by atoms with van der Waals surface area (Å²) in [6.45, 7) is 9.81. The van der Waals surface area contributed by atoms with Gasteiger partial charge in [0.2, 0.25) is 0 Å². The van der Waals surface area contributed by atoms with Gasteiger partial charge in [-0.25, -0.2) is 4.98 Å². The second-order valence-corrected chi connectivity index (χ2v) is 10.9. The van der Waals surface area contributed by atoms with E-state index in [1.54, 1.807) is 32.4 Å². The van der Waals surface area contributed by atoms with Crippen molar-refractivity contribution in [3.05, 3.63) is 46.4 Å². The van der Waals surface area contributed by atoms with Crippen LogP contribution in [0.2, 0.25) is 0 Å². The van der Waals surface area contributed by atoms with Crippen molar-refractivity contribution < 1.29 is 24.1 Å². The van der Waals surface area contributed by atoms with E-state index in [9.17, 15) is 14.7 Å². The average molecular weight is 540 g/mol. The van der Waals surface area contributed by atoms with Gasteiger partial charge in [-0.15, -0.1) is 0 Å². The van der Waals surface area contributed by atoms with E-state index in [0.717, 1.165) is 55.0 Å². The molecular formula is C30H41N3O6. The summed E-state index contributed by atoms with van der Waals surface area (Å²) < 4.78 is 20.7. The molecule has 212 valence electrons. The predicted octanol–water partition coefficient (Wildman–Crippen LogP) is 4.24. The van der Waals surface area contributed by atoms with Crippen molar-refractivity contribution in [1.82, 2.24) is 14.1 Å². The molecule has 39 heavy (non-hydrogen) atoms. The van der Waals surface area contributed by atoms with Crippen LogP contribution in [0.4, 0.5) is 0 Å². The average Bonchev–Trinajstić information content (AvgIpc) is 3.24. The fourth-order valence-corrected chi connectivity index (χ4v) is 5.16. The Bertz CT molecular complexity index is 1310. The maximum Gasteiger partial charge on any atom is 0.311 e. The van der Waals surface area contributed by atoms with E-state index in [4.69, 9.17) is 19.2 Å². The van der Waals surface area contributed by atoms with Crippen molar-refractivity contribution >= 4 is 17.0 Å². The lowest BCUT2D eigenvalue weighted by Crippen LogP contribution is -2.30. The molecule has 9 heteroatoms. The van der Waals surface area contributed by atoms with E-state index in [1.165, 1.54) is 0 Å². The third-order valence-electron chi connectivity index (χ3n) is 7.29. The first-order valence-corrected chi connectivity index (χ1v) is 13.9. The zero-order chi connectivity index (χ0) is 28.1. The Morgan fingerprint density at radius 1 is 1.21 bits per heavy atom. The van der Waals surface area contributed by atoms with Gasteiger partial charge < -0.3 is 28.5 Å². The van der Waals surface area contributed by atoms with Gasteiger partial charge in [-0.1, -0.05) is 0 Å². The minimum Gasteiger partial charge on any atom is -0.494 e. The number of esters is 1. The Labute approximate surface area is 229 Å². The van der Waals surface area contributed by atoms with Crippen molar-refractivity contribution in [2.24, 2.45) is 18.9 Å². The van der Waals surface area contributed by atoms with E-state index in [1.807, 2.05) is 37.4 Å². The molecule has 1 aromatic carbocycles. The van der Waals surface area contributed by atoms with E-state index in [-0.39, 0.29) is 17.6 Å². The fraction of sp³-hybridized carbons (Fsp3) is 0.567. The summed E-state index contributed by atoms with van der Waals surface area (Å²) in [5.41, 5.74) is 3.40. The molecule has 1 aliphatic rings. The number of benzene rings is 1. The van der Waals surface area contributed by atoms with Gasteiger partial charge in [0.05, 0.1) is 35.8 Å². The van der Waals surface area contributed by atoms with Crippen LogP contribution >= 0.6 is 0 Å². The van der Waals surface area contributed by atoms with Crippen LogP contribution in [0.3, 0.4) is 0 Å². The minimum absolute atomic E-state index is 0.0168. The lowest BCUT2D eigenvalue weighted by atomic mass is 9.98.